The zero-order chi connectivity index (χ0) is 20.8. The van der Waals surface area contributed by atoms with Gasteiger partial charge in [-0.05, 0) is 54.3 Å². The maximum Gasteiger partial charge on any atom is 0.147 e. The highest BCUT2D eigenvalue weighted by Gasteiger charge is 2.33. The van der Waals surface area contributed by atoms with Crippen molar-refractivity contribution in [2.75, 3.05) is 19.8 Å². The number of rotatable bonds is 7. The van der Waals surface area contributed by atoms with Crippen LogP contribution in [0.2, 0.25) is 5.02 Å². The largest absolute Gasteiger partial charge is 0.478 e. The zero-order valence-electron chi connectivity index (χ0n) is 16.8. The first-order valence-electron chi connectivity index (χ1n) is 9.83. The number of piperazine rings is 1. The molecule has 0 saturated carbocycles. The summed E-state index contributed by atoms with van der Waals surface area (Å²) in [5.74, 6) is 3.07. The molecule has 1 fully saturated rings. The van der Waals surface area contributed by atoms with Crippen LogP contribution in [0.25, 0.3) is 0 Å². The van der Waals surface area contributed by atoms with Crippen LogP contribution < -0.4 is 4.74 Å². The molecule has 0 aromatic heterocycles. The monoisotopic (exact) mass is 416 g/mol. The summed E-state index contributed by atoms with van der Waals surface area (Å²) in [5.41, 5.74) is 1.60. The molecule has 0 radical (unpaired) electrons. The van der Waals surface area contributed by atoms with Crippen molar-refractivity contribution in [1.82, 2.24) is 9.80 Å². The molecule has 2 aromatic rings. The number of benzene rings is 2. The lowest BCUT2D eigenvalue weighted by Crippen LogP contribution is -2.52. The van der Waals surface area contributed by atoms with Crippen molar-refractivity contribution in [1.29, 1.82) is 0 Å². The van der Waals surface area contributed by atoms with Crippen molar-refractivity contribution in [3.8, 4) is 5.75 Å². The fraction of sp³-hybridized carbons (Fsp3) is 0.391. The average Bonchev–Trinajstić information content (AvgIpc) is 2.70. The van der Waals surface area contributed by atoms with Crippen molar-refractivity contribution in [3.05, 3.63) is 70.6 Å². The molecule has 154 valence electrons. The van der Waals surface area contributed by atoms with E-state index in [1.807, 2.05) is 17.0 Å². The van der Waals surface area contributed by atoms with Crippen molar-refractivity contribution in [2.24, 2.45) is 5.92 Å². The molecule has 1 saturated heterocycles. The summed E-state index contributed by atoms with van der Waals surface area (Å²) in [5, 5.41) is 0.663. The molecule has 29 heavy (non-hydrogen) atoms. The van der Waals surface area contributed by atoms with Crippen LogP contribution in [0.1, 0.15) is 25.8 Å². The normalized spacial score (nSPS) is 17.5. The molecular formula is C23H26ClFN2O2. The van der Waals surface area contributed by atoms with E-state index >= 15 is 0 Å². The van der Waals surface area contributed by atoms with Crippen LogP contribution in [0.3, 0.4) is 0 Å². The highest BCUT2D eigenvalue weighted by molar-refractivity contribution is 6.30. The highest BCUT2D eigenvalue weighted by atomic mass is 35.5. The molecule has 2 aromatic carbocycles. The van der Waals surface area contributed by atoms with Crippen LogP contribution in [0.5, 0.6) is 5.75 Å². The zero-order valence-corrected chi connectivity index (χ0v) is 17.5. The molecule has 0 N–H and O–H groups in total. The van der Waals surface area contributed by atoms with Gasteiger partial charge in [-0.25, -0.2) is 9.18 Å². The Labute approximate surface area is 176 Å². The molecule has 1 aliphatic heterocycles. The number of hydrogen-bond donors (Lipinski definition) is 0. The third-order valence-corrected chi connectivity index (χ3v) is 5.30. The van der Waals surface area contributed by atoms with E-state index in [4.69, 9.17) is 16.3 Å². The van der Waals surface area contributed by atoms with Gasteiger partial charge in [-0.2, -0.15) is 0 Å². The molecule has 0 aliphatic carbocycles. The molecule has 0 bridgehead atoms. The summed E-state index contributed by atoms with van der Waals surface area (Å²) < 4.78 is 19.1. The third-order valence-electron chi connectivity index (χ3n) is 5.05. The second kappa shape index (κ2) is 9.93. The lowest BCUT2D eigenvalue weighted by molar-refractivity contribution is 0.0397. The van der Waals surface area contributed by atoms with Crippen molar-refractivity contribution in [2.45, 2.75) is 32.9 Å². The summed E-state index contributed by atoms with van der Waals surface area (Å²) >= 11 is 5.93. The van der Waals surface area contributed by atoms with Gasteiger partial charge in [0.15, 0.2) is 0 Å². The van der Waals surface area contributed by atoms with Gasteiger partial charge in [0, 0.05) is 24.7 Å². The van der Waals surface area contributed by atoms with Gasteiger partial charge in [0.05, 0.1) is 6.04 Å². The van der Waals surface area contributed by atoms with Crippen molar-refractivity contribution < 1.29 is 13.9 Å². The molecule has 6 heteroatoms. The standard InChI is InChI=1S/C23H26ClFN2O2/c1-17(2)13-22-23(15-28)26(14-18-3-7-20(25)8-4-18)11-12-27(22)16-29-21-9-5-19(24)6-10-21/h3-10,17,22H,11-14,16H2,1-2H3/t22-/m1/s1. The topological polar surface area (TPSA) is 32.8 Å². The Kier molecular flexibility index (Phi) is 7.32. The number of nitrogens with zero attached hydrogens (tertiary/aromatic N) is 2. The van der Waals surface area contributed by atoms with Gasteiger partial charge in [0.25, 0.3) is 0 Å². The van der Waals surface area contributed by atoms with E-state index in [2.05, 4.69) is 24.7 Å². The number of carbonyl (C=O) groups excluding carboxylic acids is 1. The third kappa shape index (κ3) is 5.83. The molecule has 0 unspecified atom stereocenters. The molecule has 1 heterocycles. The summed E-state index contributed by atoms with van der Waals surface area (Å²) in [4.78, 5) is 16.1. The summed E-state index contributed by atoms with van der Waals surface area (Å²) in [6.45, 7) is 6.66. The van der Waals surface area contributed by atoms with Gasteiger partial charge >= 0.3 is 0 Å². The minimum atomic E-state index is -0.262. The number of halogens is 2. The maximum absolute atomic E-state index is 13.2. The summed E-state index contributed by atoms with van der Waals surface area (Å²) in [6.07, 6.45) is 0.828. The fourth-order valence-corrected chi connectivity index (χ4v) is 3.69. The van der Waals surface area contributed by atoms with E-state index in [1.54, 1.807) is 24.3 Å². The van der Waals surface area contributed by atoms with Crippen LogP contribution in [0, 0.1) is 11.7 Å². The molecule has 1 atom stereocenters. The van der Waals surface area contributed by atoms with Gasteiger partial charge in [-0.1, -0.05) is 37.6 Å². The average molecular weight is 417 g/mol. The second-order valence-corrected chi connectivity index (χ2v) is 8.16. The molecular weight excluding hydrogens is 391 g/mol. The van der Waals surface area contributed by atoms with Gasteiger partial charge in [-0.15, -0.1) is 0 Å². The van der Waals surface area contributed by atoms with Gasteiger partial charge in [0.1, 0.15) is 29.9 Å². The van der Waals surface area contributed by atoms with Crippen LogP contribution in [-0.2, 0) is 11.3 Å². The predicted octanol–water partition coefficient (Wildman–Crippen LogP) is 4.76. The quantitative estimate of drug-likeness (QED) is 0.609. The molecule has 0 spiro atoms. The minimum absolute atomic E-state index is 0.0750. The first-order chi connectivity index (χ1) is 14.0. The van der Waals surface area contributed by atoms with Crippen molar-refractivity contribution >= 4 is 17.5 Å². The first kappa shape index (κ1) is 21.4. The minimum Gasteiger partial charge on any atom is -0.478 e. The fourth-order valence-electron chi connectivity index (χ4n) is 3.57. The van der Waals surface area contributed by atoms with Gasteiger partial charge < -0.3 is 9.64 Å². The Hall–Kier alpha value is -2.33. The Morgan fingerprint density at radius 3 is 2.45 bits per heavy atom. The summed E-state index contributed by atoms with van der Waals surface area (Å²) in [6, 6.07) is 13.6. The molecule has 3 rings (SSSR count). The van der Waals surface area contributed by atoms with Gasteiger partial charge in [0.2, 0.25) is 0 Å². The van der Waals surface area contributed by atoms with Crippen molar-refractivity contribution in [3.63, 3.8) is 0 Å². The van der Waals surface area contributed by atoms with E-state index in [0.29, 0.717) is 36.5 Å². The summed E-state index contributed by atoms with van der Waals surface area (Å²) in [7, 11) is 0. The van der Waals surface area contributed by atoms with E-state index < -0.39 is 0 Å². The van der Waals surface area contributed by atoms with E-state index in [-0.39, 0.29) is 11.9 Å². The van der Waals surface area contributed by atoms with Crippen LogP contribution >= 0.6 is 11.6 Å². The second-order valence-electron chi connectivity index (χ2n) is 7.72. The highest BCUT2D eigenvalue weighted by Crippen LogP contribution is 2.27. The van der Waals surface area contributed by atoms with E-state index in [1.165, 1.54) is 12.1 Å². The Morgan fingerprint density at radius 1 is 1.14 bits per heavy atom. The number of hydrogen-bond acceptors (Lipinski definition) is 4. The smallest absolute Gasteiger partial charge is 0.147 e. The Bertz CT molecular complexity index is 848. The SMILES string of the molecule is CC(C)C[C@@H]1C(=C=O)N(Cc2ccc(F)cc2)CCN1COc1ccc(Cl)cc1. The van der Waals surface area contributed by atoms with Gasteiger partial charge in [-0.3, -0.25) is 4.90 Å². The lowest BCUT2D eigenvalue weighted by Gasteiger charge is -2.43. The molecule has 0 amide bonds. The van der Waals surface area contributed by atoms with E-state index in [0.717, 1.165) is 24.3 Å². The number of ether oxygens (including phenoxy) is 1. The van der Waals surface area contributed by atoms with Crippen LogP contribution in [-0.4, -0.2) is 41.6 Å². The maximum atomic E-state index is 13.2. The van der Waals surface area contributed by atoms with E-state index in [9.17, 15) is 9.18 Å². The van der Waals surface area contributed by atoms with Crippen LogP contribution in [0.15, 0.2) is 54.2 Å². The first-order valence-corrected chi connectivity index (χ1v) is 10.2. The Morgan fingerprint density at radius 2 is 1.83 bits per heavy atom. The van der Waals surface area contributed by atoms with Crippen LogP contribution in [0.4, 0.5) is 4.39 Å². The molecule has 4 nitrogen and oxygen atoms in total. The predicted molar refractivity (Wildman–Crippen MR) is 113 cm³/mol. The lowest BCUT2D eigenvalue weighted by atomic mass is 9.97. The Balaban J connectivity index is 1.72. The molecule has 1 aliphatic rings.